The van der Waals surface area contributed by atoms with E-state index in [0.717, 1.165) is 10.8 Å². The Labute approximate surface area is 94.7 Å². The lowest BCUT2D eigenvalue weighted by atomic mass is 10.2. The monoisotopic (exact) mass is 223 g/mol. The van der Waals surface area contributed by atoms with Gasteiger partial charge in [-0.25, -0.2) is 0 Å². The standard InChI is InChI=1S/C9H9NOS.C3H8/c1-11-7-3-2-6-4-9(10)12-8(6)5-7;1-3-2/h2-5H,10H2,1H3;3H2,1-2H3. The largest absolute Gasteiger partial charge is 0.497 e. The molecule has 3 heteroatoms. The summed E-state index contributed by atoms with van der Waals surface area (Å²) in [5.74, 6) is 0.879. The second kappa shape index (κ2) is 5.61. The number of thiophene rings is 1. The Morgan fingerprint density at radius 1 is 1.27 bits per heavy atom. The van der Waals surface area contributed by atoms with Crippen molar-refractivity contribution < 1.29 is 4.74 Å². The van der Waals surface area contributed by atoms with Crippen LogP contribution in [0.1, 0.15) is 20.3 Å². The second-order valence-electron chi connectivity index (χ2n) is 3.26. The summed E-state index contributed by atoms with van der Waals surface area (Å²) in [6.45, 7) is 4.25. The van der Waals surface area contributed by atoms with Crippen molar-refractivity contribution in [2.24, 2.45) is 0 Å². The minimum absolute atomic E-state index is 0.846. The molecule has 0 amide bonds. The zero-order valence-corrected chi connectivity index (χ0v) is 10.2. The molecule has 82 valence electrons. The molecule has 2 aromatic rings. The Morgan fingerprint density at radius 2 is 1.93 bits per heavy atom. The first-order chi connectivity index (χ1) is 7.21. The summed E-state index contributed by atoms with van der Waals surface area (Å²) in [5, 5.41) is 2.02. The van der Waals surface area contributed by atoms with Crippen LogP contribution in [0.25, 0.3) is 10.1 Å². The number of benzene rings is 1. The molecule has 0 spiro atoms. The molecule has 0 fully saturated rings. The second-order valence-corrected chi connectivity index (χ2v) is 4.37. The van der Waals surface area contributed by atoms with Crippen LogP contribution in [0.3, 0.4) is 0 Å². The van der Waals surface area contributed by atoms with Crippen molar-refractivity contribution in [3.8, 4) is 5.75 Å². The summed E-state index contributed by atoms with van der Waals surface area (Å²) < 4.78 is 6.27. The zero-order valence-electron chi connectivity index (χ0n) is 9.41. The summed E-state index contributed by atoms with van der Waals surface area (Å²) in [6, 6.07) is 7.92. The molecule has 0 unspecified atom stereocenters. The molecular formula is C12H17NOS. The average molecular weight is 223 g/mol. The molecule has 0 bridgehead atoms. The molecule has 1 aromatic carbocycles. The maximum Gasteiger partial charge on any atom is 0.120 e. The Hall–Kier alpha value is -1.22. The van der Waals surface area contributed by atoms with Gasteiger partial charge in [-0.05, 0) is 29.7 Å². The van der Waals surface area contributed by atoms with Gasteiger partial charge in [-0.15, -0.1) is 11.3 Å². The smallest absolute Gasteiger partial charge is 0.120 e. The lowest BCUT2D eigenvalue weighted by Gasteiger charge is -1.97. The summed E-state index contributed by atoms with van der Waals surface area (Å²) in [5.41, 5.74) is 5.66. The molecule has 1 aromatic heterocycles. The Bertz CT molecular complexity index is 422. The first-order valence-electron chi connectivity index (χ1n) is 5.04. The van der Waals surface area contributed by atoms with Crippen LogP contribution in [0, 0.1) is 0 Å². The fourth-order valence-corrected chi connectivity index (χ4v) is 2.02. The molecule has 15 heavy (non-hydrogen) atoms. The van der Waals surface area contributed by atoms with Gasteiger partial charge in [-0.3, -0.25) is 0 Å². The average Bonchev–Trinajstić information content (AvgIpc) is 2.57. The maximum absolute atomic E-state index is 5.66. The van der Waals surface area contributed by atoms with Crippen molar-refractivity contribution in [1.29, 1.82) is 0 Å². The van der Waals surface area contributed by atoms with Crippen molar-refractivity contribution in [2.45, 2.75) is 20.3 Å². The number of hydrogen-bond donors (Lipinski definition) is 1. The molecule has 2 rings (SSSR count). The van der Waals surface area contributed by atoms with Crippen molar-refractivity contribution in [3.05, 3.63) is 24.3 Å². The van der Waals surface area contributed by atoms with Crippen molar-refractivity contribution in [1.82, 2.24) is 0 Å². The van der Waals surface area contributed by atoms with Gasteiger partial charge in [-0.1, -0.05) is 20.3 Å². The Kier molecular flexibility index (Phi) is 4.43. The van der Waals surface area contributed by atoms with E-state index in [1.165, 1.54) is 16.5 Å². The van der Waals surface area contributed by atoms with Gasteiger partial charge in [0.1, 0.15) is 5.75 Å². The lowest BCUT2D eigenvalue weighted by Crippen LogP contribution is -1.79. The number of hydrogen-bond acceptors (Lipinski definition) is 3. The summed E-state index contributed by atoms with van der Waals surface area (Å²) >= 11 is 1.58. The highest BCUT2D eigenvalue weighted by Crippen LogP contribution is 2.30. The molecule has 0 saturated carbocycles. The first kappa shape index (κ1) is 11.9. The highest BCUT2D eigenvalue weighted by atomic mass is 32.1. The van der Waals surface area contributed by atoms with E-state index < -0.39 is 0 Å². The fourth-order valence-electron chi connectivity index (χ4n) is 1.16. The van der Waals surface area contributed by atoms with Gasteiger partial charge in [0, 0.05) is 4.70 Å². The van der Waals surface area contributed by atoms with Gasteiger partial charge < -0.3 is 10.5 Å². The number of rotatable bonds is 1. The van der Waals surface area contributed by atoms with Crippen LogP contribution in [-0.4, -0.2) is 7.11 Å². The van der Waals surface area contributed by atoms with Gasteiger partial charge in [0.25, 0.3) is 0 Å². The quantitative estimate of drug-likeness (QED) is 0.795. The highest BCUT2D eigenvalue weighted by molar-refractivity contribution is 7.22. The van der Waals surface area contributed by atoms with Crippen LogP contribution in [0.5, 0.6) is 5.75 Å². The molecule has 0 aliphatic carbocycles. The van der Waals surface area contributed by atoms with Gasteiger partial charge in [0.05, 0.1) is 12.1 Å². The predicted molar refractivity (Wildman–Crippen MR) is 68.8 cm³/mol. The van der Waals surface area contributed by atoms with Crippen molar-refractivity contribution in [3.63, 3.8) is 0 Å². The van der Waals surface area contributed by atoms with E-state index in [1.807, 2.05) is 24.3 Å². The van der Waals surface area contributed by atoms with E-state index in [4.69, 9.17) is 10.5 Å². The fraction of sp³-hybridized carbons (Fsp3) is 0.333. The molecule has 2 nitrogen and oxygen atoms in total. The molecule has 2 N–H and O–H groups in total. The van der Waals surface area contributed by atoms with E-state index >= 15 is 0 Å². The molecular weight excluding hydrogens is 206 g/mol. The van der Waals surface area contributed by atoms with Gasteiger partial charge in [-0.2, -0.15) is 0 Å². The number of nitrogens with two attached hydrogens (primary N) is 1. The number of fused-ring (bicyclic) bond motifs is 1. The van der Waals surface area contributed by atoms with E-state index in [-0.39, 0.29) is 0 Å². The van der Waals surface area contributed by atoms with Crippen molar-refractivity contribution >= 4 is 26.4 Å². The van der Waals surface area contributed by atoms with Gasteiger partial charge in [0.2, 0.25) is 0 Å². The third-order valence-corrected chi connectivity index (χ3v) is 2.67. The van der Waals surface area contributed by atoms with Crippen molar-refractivity contribution in [2.75, 3.05) is 12.8 Å². The maximum atomic E-state index is 5.66. The molecule has 0 aliphatic heterocycles. The van der Waals surface area contributed by atoms with E-state index in [9.17, 15) is 0 Å². The Balaban J connectivity index is 0.000000337. The predicted octanol–water partition coefficient (Wildman–Crippen LogP) is 3.91. The summed E-state index contributed by atoms with van der Waals surface area (Å²) in [7, 11) is 1.66. The van der Waals surface area contributed by atoms with Crippen LogP contribution in [0.4, 0.5) is 5.00 Å². The minimum Gasteiger partial charge on any atom is -0.497 e. The highest BCUT2D eigenvalue weighted by Gasteiger charge is 1.99. The molecule has 0 radical (unpaired) electrons. The third kappa shape index (κ3) is 3.13. The van der Waals surface area contributed by atoms with E-state index in [0.29, 0.717) is 0 Å². The van der Waals surface area contributed by atoms with E-state index in [2.05, 4.69) is 13.8 Å². The van der Waals surface area contributed by atoms with Crippen LogP contribution < -0.4 is 10.5 Å². The molecule has 0 saturated heterocycles. The molecule has 0 aliphatic rings. The SMILES string of the molecule is CCC.COc1ccc2cc(N)sc2c1. The lowest BCUT2D eigenvalue weighted by molar-refractivity contribution is 0.415. The number of nitrogen functional groups attached to an aromatic ring is 1. The van der Waals surface area contributed by atoms with Crippen LogP contribution in [-0.2, 0) is 0 Å². The van der Waals surface area contributed by atoms with Gasteiger partial charge in [0.15, 0.2) is 0 Å². The van der Waals surface area contributed by atoms with Crippen LogP contribution in [0.15, 0.2) is 24.3 Å². The van der Waals surface area contributed by atoms with Crippen LogP contribution >= 0.6 is 11.3 Å². The first-order valence-corrected chi connectivity index (χ1v) is 5.86. The Morgan fingerprint density at radius 3 is 2.53 bits per heavy atom. The van der Waals surface area contributed by atoms with E-state index in [1.54, 1.807) is 18.4 Å². The molecule has 1 heterocycles. The number of anilines is 1. The summed E-state index contributed by atoms with van der Waals surface area (Å²) in [6.07, 6.45) is 1.25. The third-order valence-electron chi connectivity index (χ3n) is 1.75. The molecule has 0 atom stereocenters. The van der Waals surface area contributed by atoms with Gasteiger partial charge >= 0.3 is 0 Å². The summed E-state index contributed by atoms with van der Waals surface area (Å²) in [4.78, 5) is 0. The minimum atomic E-state index is 0.846. The topological polar surface area (TPSA) is 35.2 Å². The van der Waals surface area contributed by atoms with Crippen LogP contribution in [0.2, 0.25) is 0 Å². The normalized spacial score (nSPS) is 9.53. The zero-order chi connectivity index (χ0) is 11.3. The number of ether oxygens (including phenoxy) is 1. The number of methoxy groups -OCH3 is 1.